The first-order chi connectivity index (χ1) is 16.5. The highest BCUT2D eigenvalue weighted by Gasteiger charge is 2.20. The Hall–Kier alpha value is -4.82. The van der Waals surface area contributed by atoms with Crippen molar-refractivity contribution in [2.75, 3.05) is 5.32 Å². The number of para-hydroxylation sites is 2. The average molecular weight is 451 g/mol. The lowest BCUT2D eigenvalue weighted by Gasteiger charge is -2.07. The molecule has 2 aromatic heterocycles. The maximum absolute atomic E-state index is 13.1. The van der Waals surface area contributed by atoms with Crippen LogP contribution in [0.5, 0.6) is 0 Å². The lowest BCUT2D eigenvalue weighted by Crippen LogP contribution is -2.23. The summed E-state index contributed by atoms with van der Waals surface area (Å²) >= 11 is 0. The zero-order valence-corrected chi connectivity index (χ0v) is 18.8. The van der Waals surface area contributed by atoms with Crippen molar-refractivity contribution >= 4 is 28.6 Å². The van der Waals surface area contributed by atoms with Crippen LogP contribution in [0, 0.1) is 29.6 Å². The van der Waals surface area contributed by atoms with Crippen LogP contribution in [0.25, 0.3) is 22.7 Å². The molecule has 0 fully saturated rings. The van der Waals surface area contributed by atoms with Gasteiger partial charge in [0.25, 0.3) is 11.5 Å². The Kier molecular flexibility index (Phi) is 6.16. The summed E-state index contributed by atoms with van der Waals surface area (Å²) in [5, 5.41) is 22.2. The van der Waals surface area contributed by atoms with Crippen LogP contribution in [0.2, 0.25) is 0 Å². The number of nitrogens with zero attached hydrogens (tertiary/aromatic N) is 5. The number of nitriles is 2. The highest BCUT2D eigenvalue weighted by Crippen LogP contribution is 2.24. The molecular formula is C26H22N6O2. The van der Waals surface area contributed by atoms with E-state index in [0.717, 1.165) is 10.9 Å². The Balaban J connectivity index is 1.70. The van der Waals surface area contributed by atoms with Crippen molar-refractivity contribution < 1.29 is 4.79 Å². The third-order valence-electron chi connectivity index (χ3n) is 5.74. The summed E-state index contributed by atoms with van der Waals surface area (Å²) in [7, 11) is 1.73. The summed E-state index contributed by atoms with van der Waals surface area (Å²) in [6.07, 6.45) is 3.67. The fourth-order valence-corrected chi connectivity index (χ4v) is 3.94. The highest BCUT2D eigenvalue weighted by molar-refractivity contribution is 6.11. The van der Waals surface area contributed by atoms with E-state index in [1.807, 2.05) is 59.3 Å². The number of fused-ring (bicyclic) bond motifs is 1. The summed E-state index contributed by atoms with van der Waals surface area (Å²) in [6.45, 7) is 2.23. The molecule has 0 saturated heterocycles. The number of aryl methyl sites for hydroxylation is 1. The van der Waals surface area contributed by atoms with Gasteiger partial charge in [0.15, 0.2) is 0 Å². The summed E-state index contributed by atoms with van der Waals surface area (Å²) in [4.78, 5) is 26.1. The summed E-state index contributed by atoms with van der Waals surface area (Å²) in [5.41, 5.74) is 2.43. The maximum Gasteiger partial charge on any atom is 0.295 e. The quantitative estimate of drug-likeness (QED) is 0.355. The normalized spacial score (nSPS) is 11.2. The Morgan fingerprint density at radius 2 is 1.79 bits per heavy atom. The van der Waals surface area contributed by atoms with Gasteiger partial charge in [-0.25, -0.2) is 4.68 Å². The van der Waals surface area contributed by atoms with Crippen LogP contribution in [-0.2, 0) is 18.4 Å². The number of hydrogen-bond donors (Lipinski definition) is 1. The van der Waals surface area contributed by atoms with E-state index in [-0.39, 0.29) is 16.8 Å². The van der Waals surface area contributed by atoms with Crippen LogP contribution >= 0.6 is 0 Å². The van der Waals surface area contributed by atoms with Crippen LogP contribution in [0.1, 0.15) is 17.7 Å². The van der Waals surface area contributed by atoms with Crippen molar-refractivity contribution in [1.82, 2.24) is 13.9 Å². The second-order valence-corrected chi connectivity index (χ2v) is 7.76. The van der Waals surface area contributed by atoms with E-state index >= 15 is 0 Å². The van der Waals surface area contributed by atoms with Gasteiger partial charge in [-0.3, -0.25) is 14.3 Å². The first kappa shape index (κ1) is 22.4. The molecule has 0 aliphatic heterocycles. The number of hydrogen-bond acceptors (Lipinski definition) is 4. The molecule has 2 heterocycles. The van der Waals surface area contributed by atoms with Crippen molar-refractivity contribution in [3.63, 3.8) is 0 Å². The van der Waals surface area contributed by atoms with Gasteiger partial charge in [-0.1, -0.05) is 36.4 Å². The van der Waals surface area contributed by atoms with E-state index in [1.165, 1.54) is 10.8 Å². The molecule has 0 aliphatic rings. The molecule has 0 spiro atoms. The molecule has 1 N–H and O–H groups in total. The van der Waals surface area contributed by atoms with E-state index in [1.54, 1.807) is 30.8 Å². The Labute approximate surface area is 196 Å². The molecule has 0 saturated carbocycles. The number of carbonyl (C=O) groups is 1. The predicted octanol–water partition coefficient (Wildman–Crippen LogP) is 3.90. The second-order valence-electron chi connectivity index (χ2n) is 7.76. The number of aromatic nitrogens is 3. The lowest BCUT2D eigenvalue weighted by molar-refractivity contribution is -0.112. The van der Waals surface area contributed by atoms with Gasteiger partial charge in [-0.2, -0.15) is 10.5 Å². The molecule has 2 aromatic carbocycles. The van der Waals surface area contributed by atoms with Crippen LogP contribution in [-0.4, -0.2) is 19.8 Å². The molecule has 0 radical (unpaired) electrons. The molecule has 168 valence electrons. The van der Waals surface area contributed by atoms with Gasteiger partial charge < -0.3 is 9.88 Å². The topological polar surface area (TPSA) is 109 Å². The predicted molar refractivity (Wildman–Crippen MR) is 130 cm³/mol. The number of anilines is 1. The third-order valence-corrected chi connectivity index (χ3v) is 5.74. The van der Waals surface area contributed by atoms with E-state index in [9.17, 15) is 14.9 Å². The Morgan fingerprint density at radius 1 is 1.09 bits per heavy atom. The van der Waals surface area contributed by atoms with Crippen molar-refractivity contribution in [3.8, 4) is 17.8 Å². The summed E-state index contributed by atoms with van der Waals surface area (Å²) < 4.78 is 5.05. The lowest BCUT2D eigenvalue weighted by atomic mass is 10.1. The van der Waals surface area contributed by atoms with Gasteiger partial charge in [-0.15, -0.1) is 0 Å². The van der Waals surface area contributed by atoms with Crippen molar-refractivity contribution in [1.29, 1.82) is 10.5 Å². The zero-order valence-electron chi connectivity index (χ0n) is 18.8. The Bertz CT molecular complexity index is 1560. The summed E-state index contributed by atoms with van der Waals surface area (Å²) in [5.74, 6) is -0.664. The second kappa shape index (κ2) is 9.35. The van der Waals surface area contributed by atoms with Crippen molar-refractivity contribution in [2.45, 2.75) is 19.9 Å². The fourth-order valence-electron chi connectivity index (χ4n) is 3.94. The van der Waals surface area contributed by atoms with Crippen LogP contribution < -0.4 is 10.9 Å². The SMILES string of the molecule is Cc1c(NC(=O)/C(C#N)=C/c2cn(CCC#N)c3ccccc23)c(=O)n(-c2ccccc2)n1C. The first-order valence-corrected chi connectivity index (χ1v) is 10.7. The van der Waals surface area contributed by atoms with E-state index in [4.69, 9.17) is 5.26 Å². The third kappa shape index (κ3) is 4.01. The first-order valence-electron chi connectivity index (χ1n) is 10.7. The molecule has 0 bridgehead atoms. The van der Waals surface area contributed by atoms with Crippen LogP contribution in [0.15, 0.2) is 71.2 Å². The molecule has 8 nitrogen and oxygen atoms in total. The number of rotatable bonds is 6. The number of amides is 1. The van der Waals surface area contributed by atoms with E-state index in [2.05, 4.69) is 11.4 Å². The van der Waals surface area contributed by atoms with Crippen LogP contribution in [0.3, 0.4) is 0 Å². The smallest absolute Gasteiger partial charge is 0.295 e. The molecule has 0 unspecified atom stereocenters. The number of carbonyl (C=O) groups excluding carboxylic acids is 1. The van der Waals surface area contributed by atoms with Crippen molar-refractivity contribution in [3.05, 3.63) is 88.0 Å². The van der Waals surface area contributed by atoms with Gasteiger partial charge >= 0.3 is 0 Å². The minimum atomic E-state index is -0.664. The largest absolute Gasteiger partial charge is 0.346 e. The Morgan fingerprint density at radius 3 is 2.50 bits per heavy atom. The van der Waals surface area contributed by atoms with Gasteiger partial charge in [0, 0.05) is 36.3 Å². The molecule has 4 rings (SSSR count). The van der Waals surface area contributed by atoms with Crippen LogP contribution in [0.4, 0.5) is 5.69 Å². The molecule has 0 aliphatic carbocycles. The van der Waals surface area contributed by atoms with Gasteiger partial charge in [0.2, 0.25) is 0 Å². The molecule has 4 aromatic rings. The molecule has 34 heavy (non-hydrogen) atoms. The van der Waals surface area contributed by atoms with E-state index in [0.29, 0.717) is 29.9 Å². The minimum Gasteiger partial charge on any atom is -0.346 e. The zero-order chi connectivity index (χ0) is 24.2. The minimum absolute atomic E-state index is 0.119. The molecule has 0 atom stereocenters. The van der Waals surface area contributed by atoms with Gasteiger partial charge in [0.1, 0.15) is 17.3 Å². The molecule has 8 heteroatoms. The van der Waals surface area contributed by atoms with Gasteiger partial charge in [-0.05, 0) is 31.2 Å². The van der Waals surface area contributed by atoms with E-state index < -0.39 is 5.91 Å². The summed E-state index contributed by atoms with van der Waals surface area (Å²) in [6, 6.07) is 20.8. The molecular weight excluding hydrogens is 428 g/mol. The maximum atomic E-state index is 13.1. The number of nitrogens with one attached hydrogen (secondary N) is 1. The average Bonchev–Trinajstić information content (AvgIpc) is 3.31. The van der Waals surface area contributed by atoms with Crippen molar-refractivity contribution in [2.24, 2.45) is 7.05 Å². The number of benzene rings is 2. The molecule has 1 amide bonds. The monoisotopic (exact) mass is 450 g/mol. The fraction of sp³-hybridized carbons (Fsp3) is 0.154. The highest BCUT2D eigenvalue weighted by atomic mass is 16.2. The standard InChI is InChI=1S/C26H22N6O2/c1-18-24(26(34)32(30(18)2)21-9-4-3-5-10-21)29-25(33)19(16-28)15-20-17-31(14-8-13-27)23-12-7-6-11-22(20)23/h3-7,9-12,15,17H,8,14H2,1-2H3,(H,29,33)/b19-15+. The van der Waals surface area contributed by atoms with Gasteiger partial charge in [0.05, 0.1) is 23.9 Å².